The summed E-state index contributed by atoms with van der Waals surface area (Å²) in [5, 5.41) is 13.6. The van der Waals surface area contributed by atoms with Crippen molar-refractivity contribution in [2.45, 2.75) is 43.7 Å². The number of rotatable bonds is 4. The van der Waals surface area contributed by atoms with E-state index < -0.39 is 5.54 Å². The van der Waals surface area contributed by atoms with E-state index in [0.29, 0.717) is 13.1 Å². The van der Waals surface area contributed by atoms with E-state index in [1.54, 1.807) is 18.5 Å². The van der Waals surface area contributed by atoms with E-state index in [1.165, 1.54) is 0 Å². The van der Waals surface area contributed by atoms with Gasteiger partial charge in [-0.2, -0.15) is 0 Å². The molecule has 3 aromatic rings. The van der Waals surface area contributed by atoms with Crippen molar-refractivity contribution in [2.24, 2.45) is 0 Å². The number of benzene rings is 2. The minimum atomic E-state index is -0.567. The Bertz CT molecular complexity index is 1040. The number of imidazole rings is 1. The van der Waals surface area contributed by atoms with Crippen LogP contribution in [0.3, 0.4) is 0 Å². The number of carbonyl (C=O) groups is 1. The Morgan fingerprint density at radius 1 is 1.13 bits per heavy atom. The van der Waals surface area contributed by atoms with Crippen LogP contribution < -0.4 is 5.32 Å². The molecule has 0 saturated heterocycles. The number of nitrogens with zero attached hydrogens (tertiary/aromatic N) is 2. The summed E-state index contributed by atoms with van der Waals surface area (Å²) in [7, 11) is 0. The zero-order valence-corrected chi connectivity index (χ0v) is 16.8. The molecule has 1 aromatic heterocycles. The van der Waals surface area contributed by atoms with Crippen molar-refractivity contribution in [3.8, 4) is 5.75 Å². The van der Waals surface area contributed by atoms with E-state index in [-0.39, 0.29) is 17.6 Å². The first-order chi connectivity index (χ1) is 14.6. The molecule has 2 aromatic carbocycles. The van der Waals surface area contributed by atoms with Crippen molar-refractivity contribution in [1.82, 2.24) is 14.9 Å². The highest BCUT2D eigenvalue weighted by Crippen LogP contribution is 2.38. The topological polar surface area (TPSA) is 81.2 Å². The zero-order valence-electron chi connectivity index (χ0n) is 16.8. The van der Waals surface area contributed by atoms with Crippen LogP contribution in [0.2, 0.25) is 0 Å². The third-order valence-electron chi connectivity index (χ3n) is 6.42. The van der Waals surface area contributed by atoms with Crippen LogP contribution in [0.15, 0.2) is 60.9 Å². The van der Waals surface area contributed by atoms with Crippen LogP contribution in [0.5, 0.6) is 5.75 Å². The minimum Gasteiger partial charge on any atom is -0.508 e. The first-order valence-corrected chi connectivity index (χ1v) is 10.6. The molecule has 5 rings (SSSR count). The number of H-pyrrole nitrogens is 1. The number of phenolic OH excluding ortho intramolecular Hbond substituents is 1. The van der Waals surface area contributed by atoms with Crippen LogP contribution in [0.25, 0.3) is 0 Å². The number of anilines is 1. The lowest BCUT2D eigenvalue weighted by Crippen LogP contribution is -2.54. The van der Waals surface area contributed by atoms with Gasteiger partial charge in [-0.25, -0.2) is 4.98 Å². The fourth-order valence-corrected chi connectivity index (χ4v) is 4.95. The van der Waals surface area contributed by atoms with Gasteiger partial charge in [-0.1, -0.05) is 43.2 Å². The lowest BCUT2D eigenvalue weighted by atomic mass is 9.88. The van der Waals surface area contributed by atoms with E-state index in [2.05, 4.69) is 15.3 Å². The fraction of sp³-hybridized carbons (Fsp3) is 0.333. The first-order valence-electron chi connectivity index (χ1n) is 10.6. The van der Waals surface area contributed by atoms with Crippen LogP contribution in [0.1, 0.15) is 48.6 Å². The number of carbonyl (C=O) groups excluding carboxylic acids is 1. The standard InChI is InChI=1S/C24H26N4O2/c29-19-10-6-7-17(13-19)20-14-28(15-21-22(20)26-16-25-21)23(30)24(11-4-5-12-24)27-18-8-2-1-3-9-18/h1-3,6-10,13,16,20,27,29H,4-5,11-12,14-15H2,(H,25,26). The summed E-state index contributed by atoms with van der Waals surface area (Å²) in [6.45, 7) is 1.08. The van der Waals surface area contributed by atoms with Gasteiger partial charge in [0.1, 0.15) is 11.3 Å². The molecule has 6 heteroatoms. The van der Waals surface area contributed by atoms with Gasteiger partial charge in [0.05, 0.1) is 24.3 Å². The molecule has 6 nitrogen and oxygen atoms in total. The molecule has 154 valence electrons. The number of hydrogen-bond acceptors (Lipinski definition) is 4. The van der Waals surface area contributed by atoms with Gasteiger partial charge >= 0.3 is 0 Å². The molecular weight excluding hydrogens is 376 g/mol. The Balaban J connectivity index is 1.46. The molecule has 1 fully saturated rings. The summed E-state index contributed by atoms with van der Waals surface area (Å²) in [6, 6.07) is 17.3. The van der Waals surface area contributed by atoms with Gasteiger partial charge in [0, 0.05) is 18.2 Å². The summed E-state index contributed by atoms with van der Waals surface area (Å²) in [5.41, 5.74) is 3.31. The van der Waals surface area contributed by atoms with E-state index in [9.17, 15) is 9.90 Å². The molecule has 30 heavy (non-hydrogen) atoms. The van der Waals surface area contributed by atoms with Gasteiger partial charge in [0.15, 0.2) is 0 Å². The molecule has 1 atom stereocenters. The van der Waals surface area contributed by atoms with Gasteiger partial charge < -0.3 is 20.3 Å². The average Bonchev–Trinajstić information content (AvgIpc) is 3.43. The number of nitrogens with one attached hydrogen (secondary N) is 2. The highest BCUT2D eigenvalue weighted by atomic mass is 16.3. The second kappa shape index (κ2) is 7.52. The zero-order chi connectivity index (χ0) is 20.6. The molecule has 1 unspecified atom stereocenters. The van der Waals surface area contributed by atoms with Crippen LogP contribution in [-0.4, -0.2) is 38.0 Å². The van der Waals surface area contributed by atoms with E-state index >= 15 is 0 Å². The summed E-state index contributed by atoms with van der Waals surface area (Å²) in [4.78, 5) is 23.6. The van der Waals surface area contributed by atoms with Gasteiger partial charge in [-0.3, -0.25) is 4.79 Å². The van der Waals surface area contributed by atoms with Crippen molar-refractivity contribution in [1.29, 1.82) is 0 Å². The molecule has 1 saturated carbocycles. The second-order valence-electron chi connectivity index (χ2n) is 8.38. The molecule has 1 amide bonds. The summed E-state index contributed by atoms with van der Waals surface area (Å²) < 4.78 is 0. The maximum Gasteiger partial charge on any atom is 0.248 e. The van der Waals surface area contributed by atoms with Crippen molar-refractivity contribution in [3.63, 3.8) is 0 Å². The Morgan fingerprint density at radius 3 is 2.70 bits per heavy atom. The van der Waals surface area contributed by atoms with Crippen LogP contribution in [-0.2, 0) is 11.3 Å². The van der Waals surface area contributed by atoms with Crippen molar-refractivity contribution in [3.05, 3.63) is 77.9 Å². The number of aromatic amines is 1. The number of hydrogen-bond donors (Lipinski definition) is 3. The third kappa shape index (κ3) is 3.32. The van der Waals surface area contributed by atoms with E-state index in [4.69, 9.17) is 0 Å². The molecule has 2 heterocycles. The van der Waals surface area contributed by atoms with Gasteiger partial charge in [0.25, 0.3) is 0 Å². The maximum absolute atomic E-state index is 13.9. The number of para-hydroxylation sites is 1. The lowest BCUT2D eigenvalue weighted by molar-refractivity contribution is -0.137. The van der Waals surface area contributed by atoms with Crippen LogP contribution >= 0.6 is 0 Å². The number of fused-ring (bicyclic) bond motifs is 1. The number of aromatic nitrogens is 2. The van der Waals surface area contributed by atoms with Gasteiger partial charge in [-0.15, -0.1) is 0 Å². The number of phenols is 1. The molecule has 0 spiro atoms. The maximum atomic E-state index is 13.9. The van der Waals surface area contributed by atoms with Crippen molar-refractivity contribution < 1.29 is 9.90 Å². The molecule has 3 N–H and O–H groups in total. The summed E-state index contributed by atoms with van der Waals surface area (Å²) >= 11 is 0. The Hall–Kier alpha value is -3.28. The third-order valence-corrected chi connectivity index (χ3v) is 6.42. The quantitative estimate of drug-likeness (QED) is 0.616. The molecule has 1 aliphatic carbocycles. The predicted octanol–water partition coefficient (Wildman–Crippen LogP) is 4.01. The van der Waals surface area contributed by atoms with E-state index in [1.807, 2.05) is 47.4 Å². The largest absolute Gasteiger partial charge is 0.508 e. The molecule has 2 aliphatic rings. The highest BCUT2D eigenvalue weighted by molar-refractivity contribution is 5.90. The molecule has 0 radical (unpaired) electrons. The Morgan fingerprint density at radius 2 is 1.93 bits per heavy atom. The second-order valence-corrected chi connectivity index (χ2v) is 8.38. The normalized spacial score (nSPS) is 20.0. The number of aromatic hydroxyl groups is 1. The minimum absolute atomic E-state index is 0.0637. The monoisotopic (exact) mass is 402 g/mol. The van der Waals surface area contributed by atoms with Crippen molar-refractivity contribution in [2.75, 3.05) is 11.9 Å². The number of amides is 1. The van der Waals surface area contributed by atoms with Crippen LogP contribution in [0, 0.1) is 0 Å². The first kappa shape index (κ1) is 18.7. The Kier molecular flexibility index (Phi) is 4.69. The van der Waals surface area contributed by atoms with Gasteiger partial charge in [-0.05, 0) is 42.7 Å². The smallest absolute Gasteiger partial charge is 0.248 e. The summed E-state index contributed by atoms with van der Waals surface area (Å²) in [5.74, 6) is 0.312. The highest BCUT2D eigenvalue weighted by Gasteiger charge is 2.45. The Labute approximate surface area is 176 Å². The van der Waals surface area contributed by atoms with Crippen molar-refractivity contribution >= 4 is 11.6 Å². The SMILES string of the molecule is O=C(N1Cc2[nH]cnc2C(c2cccc(O)c2)C1)C1(Nc2ccccc2)CCCC1. The molecule has 1 aliphatic heterocycles. The summed E-state index contributed by atoms with van der Waals surface area (Å²) in [6.07, 6.45) is 5.46. The van der Waals surface area contributed by atoms with Crippen LogP contribution in [0.4, 0.5) is 5.69 Å². The average molecular weight is 402 g/mol. The van der Waals surface area contributed by atoms with Gasteiger partial charge in [0.2, 0.25) is 5.91 Å². The molecular formula is C24H26N4O2. The fourth-order valence-electron chi connectivity index (χ4n) is 4.95. The lowest BCUT2D eigenvalue weighted by Gasteiger charge is -2.39. The molecule has 0 bridgehead atoms. The van der Waals surface area contributed by atoms with E-state index in [0.717, 1.165) is 48.3 Å². The predicted molar refractivity (Wildman–Crippen MR) is 115 cm³/mol.